The van der Waals surface area contributed by atoms with Gasteiger partial charge in [-0.1, -0.05) is 28.9 Å². The van der Waals surface area contributed by atoms with Crippen molar-refractivity contribution < 1.29 is 13.5 Å². The lowest BCUT2D eigenvalue weighted by Gasteiger charge is -2.11. The molecule has 1 heterocycles. The van der Waals surface area contributed by atoms with Gasteiger partial charge in [0.15, 0.2) is 11.6 Å². The number of pyridine rings is 1. The molecular weight excluding hydrogens is 330 g/mol. The number of nitrogens with zero attached hydrogens (tertiary/aromatic N) is 1. The van der Waals surface area contributed by atoms with Crippen LogP contribution < -0.4 is 10.1 Å². The van der Waals surface area contributed by atoms with Crippen molar-refractivity contribution in [3.63, 3.8) is 0 Å². The summed E-state index contributed by atoms with van der Waals surface area (Å²) in [5.74, 6) is -1.95. The van der Waals surface area contributed by atoms with Crippen LogP contribution in [0, 0.1) is 11.6 Å². The van der Waals surface area contributed by atoms with Crippen molar-refractivity contribution in [1.82, 2.24) is 10.3 Å². The zero-order valence-corrected chi connectivity index (χ0v) is 12.4. The predicted octanol–water partition coefficient (Wildman–Crippen LogP) is 4.02. The number of halogens is 3. The van der Waals surface area contributed by atoms with E-state index in [1.165, 1.54) is 12.3 Å². The monoisotopic (exact) mass is 342 g/mol. The van der Waals surface area contributed by atoms with E-state index in [4.69, 9.17) is 4.74 Å². The molecule has 2 rings (SSSR count). The smallest absolute Gasteiger partial charge is 0.223 e. The minimum atomic E-state index is -1.03. The second kappa shape index (κ2) is 6.76. The lowest BCUT2D eigenvalue weighted by molar-refractivity contribution is 0.400. The molecule has 0 saturated heterocycles. The Hall–Kier alpha value is -1.53. The normalized spacial score (nSPS) is 10.6. The van der Waals surface area contributed by atoms with Gasteiger partial charge in [0.05, 0.1) is 0 Å². The number of hydrogen-bond donors (Lipinski definition) is 1. The largest absolute Gasteiger partial charge is 0.435 e. The third kappa shape index (κ3) is 3.52. The first-order valence-electron chi connectivity index (χ1n) is 6.08. The Morgan fingerprint density at radius 1 is 1.35 bits per heavy atom. The second-order valence-corrected chi connectivity index (χ2v) is 4.97. The first-order chi connectivity index (χ1) is 9.61. The molecule has 1 aromatic carbocycles. The van der Waals surface area contributed by atoms with E-state index >= 15 is 0 Å². The van der Waals surface area contributed by atoms with Crippen molar-refractivity contribution >= 4 is 15.9 Å². The third-order valence-corrected chi connectivity index (χ3v) is 3.04. The Morgan fingerprint density at radius 2 is 2.15 bits per heavy atom. The van der Waals surface area contributed by atoms with Crippen LogP contribution in [-0.2, 0) is 6.54 Å². The van der Waals surface area contributed by atoms with Gasteiger partial charge < -0.3 is 10.1 Å². The van der Waals surface area contributed by atoms with Gasteiger partial charge in [-0.05, 0) is 24.7 Å². The van der Waals surface area contributed by atoms with Crippen LogP contribution in [0.3, 0.4) is 0 Å². The summed E-state index contributed by atoms with van der Waals surface area (Å²) in [5.41, 5.74) is 0.772. The Bertz CT molecular complexity index is 608. The molecule has 0 radical (unpaired) electrons. The first-order valence-corrected chi connectivity index (χ1v) is 6.88. The van der Waals surface area contributed by atoms with Gasteiger partial charge in [-0.25, -0.2) is 9.37 Å². The van der Waals surface area contributed by atoms with Gasteiger partial charge in [-0.3, -0.25) is 0 Å². The van der Waals surface area contributed by atoms with Crippen molar-refractivity contribution in [3.05, 3.63) is 52.1 Å². The standard InChI is InChI=1S/C14H13BrF2N2O/c1-2-18-8-9-4-3-5-19-14(9)20-12-7-10(15)6-11(16)13(12)17/h3-7,18H,2,8H2,1H3. The van der Waals surface area contributed by atoms with E-state index in [0.29, 0.717) is 11.0 Å². The molecule has 1 N–H and O–H groups in total. The number of hydrogen-bond acceptors (Lipinski definition) is 3. The number of nitrogens with one attached hydrogen (secondary N) is 1. The van der Waals surface area contributed by atoms with Crippen LogP contribution in [0.5, 0.6) is 11.6 Å². The number of benzene rings is 1. The molecule has 6 heteroatoms. The molecule has 3 nitrogen and oxygen atoms in total. The number of rotatable bonds is 5. The molecule has 0 unspecified atom stereocenters. The predicted molar refractivity (Wildman–Crippen MR) is 75.7 cm³/mol. The van der Waals surface area contributed by atoms with Crippen molar-refractivity contribution in [3.8, 4) is 11.6 Å². The molecule has 0 aliphatic carbocycles. The molecule has 0 spiro atoms. The number of aromatic nitrogens is 1. The maximum atomic E-state index is 13.7. The lowest BCUT2D eigenvalue weighted by Crippen LogP contribution is -2.12. The lowest BCUT2D eigenvalue weighted by atomic mass is 10.2. The summed E-state index contributed by atoms with van der Waals surface area (Å²) in [4.78, 5) is 4.06. The van der Waals surface area contributed by atoms with E-state index in [0.717, 1.165) is 18.2 Å². The van der Waals surface area contributed by atoms with Crippen LogP contribution in [0.2, 0.25) is 0 Å². The Balaban J connectivity index is 2.30. The molecule has 0 aliphatic rings. The van der Waals surface area contributed by atoms with Crippen molar-refractivity contribution in [2.45, 2.75) is 13.5 Å². The molecule has 0 fully saturated rings. The molecule has 0 bridgehead atoms. The summed E-state index contributed by atoms with van der Waals surface area (Å²) in [6, 6.07) is 5.99. The molecule has 1 aromatic heterocycles. The zero-order valence-electron chi connectivity index (χ0n) is 10.8. The molecule has 0 amide bonds. The average Bonchev–Trinajstić information content (AvgIpc) is 2.43. The quantitative estimate of drug-likeness (QED) is 0.833. The van der Waals surface area contributed by atoms with Crippen molar-refractivity contribution in [1.29, 1.82) is 0 Å². The van der Waals surface area contributed by atoms with Gasteiger partial charge in [-0.2, -0.15) is 4.39 Å². The number of ether oxygens (including phenoxy) is 1. The molecule has 0 saturated carbocycles. The minimum Gasteiger partial charge on any atom is -0.435 e. The molecule has 0 aliphatic heterocycles. The SMILES string of the molecule is CCNCc1cccnc1Oc1cc(Br)cc(F)c1F. The van der Waals surface area contributed by atoms with Gasteiger partial charge >= 0.3 is 0 Å². The molecule has 20 heavy (non-hydrogen) atoms. The van der Waals surface area contributed by atoms with Gasteiger partial charge in [0, 0.05) is 22.8 Å². The van der Waals surface area contributed by atoms with Crippen LogP contribution >= 0.6 is 15.9 Å². The minimum absolute atomic E-state index is 0.201. The molecule has 2 aromatic rings. The van der Waals surface area contributed by atoms with Crippen LogP contribution in [0.15, 0.2) is 34.9 Å². The van der Waals surface area contributed by atoms with Gasteiger partial charge in [0.2, 0.25) is 11.7 Å². The van der Waals surface area contributed by atoms with E-state index in [-0.39, 0.29) is 11.6 Å². The average molecular weight is 343 g/mol. The van der Waals surface area contributed by atoms with E-state index in [1.54, 1.807) is 6.07 Å². The topological polar surface area (TPSA) is 34.2 Å². The van der Waals surface area contributed by atoms with Crippen molar-refractivity contribution in [2.24, 2.45) is 0 Å². The van der Waals surface area contributed by atoms with Crippen LogP contribution in [-0.4, -0.2) is 11.5 Å². The highest BCUT2D eigenvalue weighted by Crippen LogP contribution is 2.30. The Morgan fingerprint density at radius 3 is 2.90 bits per heavy atom. The highest BCUT2D eigenvalue weighted by molar-refractivity contribution is 9.10. The summed E-state index contributed by atoms with van der Waals surface area (Å²) in [6.07, 6.45) is 1.54. The Labute approximate surface area is 124 Å². The maximum Gasteiger partial charge on any atom is 0.223 e. The van der Waals surface area contributed by atoms with Crippen LogP contribution in [0.4, 0.5) is 8.78 Å². The Kier molecular flexibility index (Phi) is 5.03. The fourth-order valence-electron chi connectivity index (χ4n) is 1.62. The fourth-order valence-corrected chi connectivity index (χ4v) is 2.03. The van der Waals surface area contributed by atoms with Crippen LogP contribution in [0.1, 0.15) is 12.5 Å². The first kappa shape index (κ1) is 14.9. The molecular formula is C14H13BrF2N2O. The van der Waals surface area contributed by atoms with Gasteiger partial charge in [-0.15, -0.1) is 0 Å². The summed E-state index contributed by atoms with van der Waals surface area (Å²) in [5, 5.41) is 3.13. The van der Waals surface area contributed by atoms with Gasteiger partial charge in [0.25, 0.3) is 0 Å². The highest BCUT2D eigenvalue weighted by Gasteiger charge is 2.14. The molecule has 106 valence electrons. The van der Waals surface area contributed by atoms with E-state index < -0.39 is 11.6 Å². The van der Waals surface area contributed by atoms with E-state index in [2.05, 4.69) is 26.2 Å². The second-order valence-electron chi connectivity index (χ2n) is 4.05. The summed E-state index contributed by atoms with van der Waals surface area (Å²) in [7, 11) is 0. The molecule has 0 atom stereocenters. The maximum absolute atomic E-state index is 13.7. The summed E-state index contributed by atoms with van der Waals surface area (Å²) < 4.78 is 32.8. The van der Waals surface area contributed by atoms with Crippen molar-refractivity contribution in [2.75, 3.05) is 6.54 Å². The fraction of sp³-hybridized carbons (Fsp3) is 0.214. The van der Waals surface area contributed by atoms with Gasteiger partial charge in [0.1, 0.15) is 0 Å². The van der Waals surface area contributed by atoms with Crippen LogP contribution in [0.25, 0.3) is 0 Å². The summed E-state index contributed by atoms with van der Waals surface area (Å²) in [6.45, 7) is 3.30. The highest BCUT2D eigenvalue weighted by atomic mass is 79.9. The zero-order chi connectivity index (χ0) is 14.5. The van der Waals surface area contributed by atoms with E-state index in [1.807, 2.05) is 13.0 Å². The third-order valence-electron chi connectivity index (χ3n) is 2.58. The van der Waals surface area contributed by atoms with E-state index in [9.17, 15) is 8.78 Å². The summed E-state index contributed by atoms with van der Waals surface area (Å²) >= 11 is 3.10.